The number of hydrogen-bond acceptors (Lipinski definition) is 6. The minimum absolute atomic E-state index is 0.677. The Labute approximate surface area is 111 Å². The third kappa shape index (κ3) is 3.82. The van der Waals surface area contributed by atoms with Crippen molar-refractivity contribution in [3.05, 3.63) is 23.7 Å². The molecule has 0 spiro atoms. The molecule has 0 radical (unpaired) electrons. The van der Waals surface area contributed by atoms with E-state index < -0.39 is 0 Å². The molecule has 0 bridgehead atoms. The first-order chi connectivity index (χ1) is 8.75. The monoisotopic (exact) mass is 263 g/mol. The van der Waals surface area contributed by atoms with E-state index in [4.69, 9.17) is 0 Å². The lowest BCUT2D eigenvalue weighted by atomic mass is 10.2. The van der Waals surface area contributed by atoms with Gasteiger partial charge in [0.15, 0.2) is 5.01 Å². The summed E-state index contributed by atoms with van der Waals surface area (Å²) < 4.78 is 0. The van der Waals surface area contributed by atoms with Crippen LogP contribution in [0.2, 0.25) is 0 Å². The van der Waals surface area contributed by atoms with Gasteiger partial charge in [0.25, 0.3) is 0 Å². The van der Waals surface area contributed by atoms with E-state index in [0.29, 0.717) is 5.92 Å². The van der Waals surface area contributed by atoms with Crippen molar-refractivity contribution in [1.29, 1.82) is 0 Å². The molecule has 0 aliphatic heterocycles. The van der Waals surface area contributed by atoms with Crippen molar-refractivity contribution in [1.82, 2.24) is 25.5 Å². The Bertz CT molecular complexity index is 468. The quantitative estimate of drug-likeness (QED) is 0.805. The maximum atomic E-state index is 4.18. The maximum absolute atomic E-state index is 4.18. The second-order valence-electron chi connectivity index (χ2n) is 4.48. The molecule has 5 nitrogen and oxygen atoms in total. The maximum Gasteiger partial charge on any atom is 0.150 e. The van der Waals surface area contributed by atoms with E-state index in [0.717, 1.165) is 35.1 Å². The van der Waals surface area contributed by atoms with Crippen LogP contribution in [0.4, 0.5) is 0 Å². The molecule has 2 heterocycles. The molecule has 18 heavy (non-hydrogen) atoms. The van der Waals surface area contributed by atoms with Crippen LogP contribution in [0.3, 0.4) is 0 Å². The van der Waals surface area contributed by atoms with Gasteiger partial charge in [0, 0.05) is 30.9 Å². The van der Waals surface area contributed by atoms with Gasteiger partial charge in [-0.3, -0.25) is 0 Å². The van der Waals surface area contributed by atoms with Crippen molar-refractivity contribution in [2.24, 2.45) is 5.92 Å². The number of nitrogens with one attached hydrogen (secondary N) is 1. The van der Waals surface area contributed by atoms with E-state index in [-0.39, 0.29) is 0 Å². The Morgan fingerprint density at radius 1 is 1.22 bits per heavy atom. The minimum atomic E-state index is 0.677. The fourth-order valence-electron chi connectivity index (χ4n) is 1.47. The Hall–Kier alpha value is -1.40. The lowest BCUT2D eigenvalue weighted by Gasteiger charge is -2.05. The van der Waals surface area contributed by atoms with Gasteiger partial charge in [0.1, 0.15) is 11.3 Å². The van der Waals surface area contributed by atoms with Gasteiger partial charge >= 0.3 is 0 Å². The van der Waals surface area contributed by atoms with Crippen LogP contribution < -0.4 is 5.32 Å². The lowest BCUT2D eigenvalue weighted by molar-refractivity contribution is 0.553. The molecule has 0 amide bonds. The summed E-state index contributed by atoms with van der Waals surface area (Å²) in [6, 6.07) is 0. The molecule has 2 aromatic rings. The molecule has 6 heteroatoms. The van der Waals surface area contributed by atoms with Crippen molar-refractivity contribution >= 4 is 11.3 Å². The summed E-state index contributed by atoms with van der Waals surface area (Å²) in [7, 11) is 0. The summed E-state index contributed by atoms with van der Waals surface area (Å²) in [4.78, 5) is 7.96. The van der Waals surface area contributed by atoms with E-state index >= 15 is 0 Å². The van der Waals surface area contributed by atoms with Gasteiger partial charge in [-0.1, -0.05) is 25.2 Å². The van der Waals surface area contributed by atoms with Crippen LogP contribution in [0, 0.1) is 5.92 Å². The van der Waals surface area contributed by atoms with Crippen molar-refractivity contribution in [3.63, 3.8) is 0 Å². The molecular formula is C12H17N5S. The molecule has 0 aliphatic carbocycles. The first-order valence-corrected chi connectivity index (χ1v) is 6.86. The Morgan fingerprint density at radius 3 is 2.72 bits per heavy atom. The van der Waals surface area contributed by atoms with Crippen molar-refractivity contribution in [3.8, 4) is 10.6 Å². The molecule has 0 aromatic carbocycles. The summed E-state index contributed by atoms with van der Waals surface area (Å²) in [6.07, 6.45) is 5.95. The zero-order valence-corrected chi connectivity index (χ0v) is 11.4. The van der Waals surface area contributed by atoms with E-state index in [9.17, 15) is 0 Å². The standard InChI is InChI=1S/C12H17N5S/c1-9(2)5-13-4-3-11-16-17-12(18-11)10-6-14-8-15-7-10/h6-9,13H,3-5H2,1-2H3. The molecule has 2 rings (SSSR count). The highest BCUT2D eigenvalue weighted by Gasteiger charge is 2.06. The first-order valence-electron chi connectivity index (χ1n) is 6.04. The lowest BCUT2D eigenvalue weighted by Crippen LogP contribution is -2.22. The van der Waals surface area contributed by atoms with E-state index in [1.165, 1.54) is 6.33 Å². The van der Waals surface area contributed by atoms with E-state index in [1.807, 2.05) is 0 Å². The van der Waals surface area contributed by atoms with Gasteiger partial charge < -0.3 is 5.32 Å². The van der Waals surface area contributed by atoms with Gasteiger partial charge in [-0.05, 0) is 12.5 Å². The van der Waals surface area contributed by atoms with Gasteiger partial charge in [-0.25, -0.2) is 9.97 Å². The average molecular weight is 263 g/mol. The first kappa shape index (κ1) is 13.0. The smallest absolute Gasteiger partial charge is 0.150 e. The fourth-order valence-corrected chi connectivity index (χ4v) is 2.28. The topological polar surface area (TPSA) is 63.6 Å². The summed E-state index contributed by atoms with van der Waals surface area (Å²) in [6.45, 7) is 6.38. The highest BCUT2D eigenvalue weighted by molar-refractivity contribution is 7.14. The molecule has 0 saturated carbocycles. The molecule has 96 valence electrons. The summed E-state index contributed by atoms with van der Waals surface area (Å²) in [5.41, 5.74) is 0.927. The third-order valence-electron chi connectivity index (χ3n) is 2.34. The predicted molar refractivity (Wildman–Crippen MR) is 72.3 cm³/mol. The van der Waals surface area contributed by atoms with Crippen molar-refractivity contribution in [2.75, 3.05) is 13.1 Å². The predicted octanol–water partition coefficient (Wildman–Crippen LogP) is 1.78. The van der Waals surface area contributed by atoms with Crippen LogP contribution in [0.15, 0.2) is 18.7 Å². The molecule has 0 fully saturated rings. The minimum Gasteiger partial charge on any atom is -0.316 e. The summed E-state index contributed by atoms with van der Waals surface area (Å²) in [5, 5.41) is 13.7. The second-order valence-corrected chi connectivity index (χ2v) is 5.54. The Kier molecular flexibility index (Phi) is 4.72. The van der Waals surface area contributed by atoms with Crippen molar-refractivity contribution < 1.29 is 0 Å². The van der Waals surface area contributed by atoms with Crippen LogP contribution in [-0.2, 0) is 6.42 Å². The summed E-state index contributed by atoms with van der Waals surface area (Å²) in [5.74, 6) is 0.677. The molecular weight excluding hydrogens is 246 g/mol. The van der Waals surface area contributed by atoms with Gasteiger partial charge in [0.2, 0.25) is 0 Å². The SMILES string of the molecule is CC(C)CNCCc1nnc(-c2cncnc2)s1. The average Bonchev–Trinajstić information content (AvgIpc) is 2.84. The fraction of sp³-hybridized carbons (Fsp3) is 0.500. The number of aromatic nitrogens is 4. The molecule has 0 atom stereocenters. The van der Waals surface area contributed by atoms with Crippen LogP contribution in [0.5, 0.6) is 0 Å². The molecule has 0 aliphatic rings. The number of rotatable bonds is 6. The second kappa shape index (κ2) is 6.51. The number of nitrogens with zero attached hydrogens (tertiary/aromatic N) is 4. The zero-order chi connectivity index (χ0) is 12.8. The summed E-state index contributed by atoms with van der Waals surface area (Å²) >= 11 is 1.60. The third-order valence-corrected chi connectivity index (χ3v) is 3.37. The van der Waals surface area contributed by atoms with Gasteiger partial charge in [-0.15, -0.1) is 10.2 Å². The molecule has 1 N–H and O–H groups in total. The van der Waals surface area contributed by atoms with Crippen LogP contribution in [0.1, 0.15) is 18.9 Å². The largest absolute Gasteiger partial charge is 0.316 e. The van der Waals surface area contributed by atoms with E-state index in [1.54, 1.807) is 23.7 Å². The molecule has 0 unspecified atom stereocenters. The highest BCUT2D eigenvalue weighted by Crippen LogP contribution is 2.21. The van der Waals surface area contributed by atoms with Crippen molar-refractivity contribution in [2.45, 2.75) is 20.3 Å². The zero-order valence-electron chi connectivity index (χ0n) is 10.6. The Morgan fingerprint density at radius 2 is 2.00 bits per heavy atom. The normalized spacial score (nSPS) is 11.1. The highest BCUT2D eigenvalue weighted by atomic mass is 32.1. The number of hydrogen-bond donors (Lipinski definition) is 1. The van der Waals surface area contributed by atoms with Crippen LogP contribution in [-0.4, -0.2) is 33.3 Å². The van der Waals surface area contributed by atoms with Crippen LogP contribution >= 0.6 is 11.3 Å². The van der Waals surface area contributed by atoms with Crippen LogP contribution in [0.25, 0.3) is 10.6 Å². The molecule has 0 saturated heterocycles. The van der Waals surface area contributed by atoms with Gasteiger partial charge in [0.05, 0.1) is 0 Å². The Balaban J connectivity index is 1.87. The van der Waals surface area contributed by atoms with Gasteiger partial charge in [-0.2, -0.15) is 0 Å². The van der Waals surface area contributed by atoms with E-state index in [2.05, 4.69) is 39.3 Å². The molecule has 2 aromatic heterocycles.